The van der Waals surface area contributed by atoms with Gasteiger partial charge in [-0.15, -0.1) is 0 Å². The van der Waals surface area contributed by atoms with Crippen LogP contribution in [-0.2, 0) is 4.79 Å². The predicted octanol–water partition coefficient (Wildman–Crippen LogP) is 2.29. The Labute approximate surface area is 73.0 Å². The molecule has 0 aromatic carbocycles. The molecule has 0 unspecified atom stereocenters. The molecule has 0 spiro atoms. The van der Waals surface area contributed by atoms with Gasteiger partial charge in [0.15, 0.2) is 0 Å². The van der Waals surface area contributed by atoms with Crippen molar-refractivity contribution in [2.75, 3.05) is 0 Å². The first-order valence-electron chi connectivity index (χ1n) is 5.02. The van der Waals surface area contributed by atoms with Crippen molar-refractivity contribution in [1.29, 1.82) is 0 Å². The molecule has 0 bridgehead atoms. The molecule has 2 saturated carbocycles. The topological polar surface area (TPSA) is 37.3 Å². The lowest BCUT2D eigenvalue weighted by molar-refractivity contribution is -0.149. The number of aliphatic carboxylic acids is 1. The smallest absolute Gasteiger partial charge is 0.307 e. The summed E-state index contributed by atoms with van der Waals surface area (Å²) in [6.45, 7) is 0. The van der Waals surface area contributed by atoms with Crippen LogP contribution in [0.2, 0.25) is 0 Å². The Hall–Kier alpha value is -0.530. The zero-order valence-corrected chi connectivity index (χ0v) is 7.33. The Morgan fingerprint density at radius 3 is 1.67 bits per heavy atom. The average molecular weight is 168 g/mol. The molecule has 0 amide bonds. The summed E-state index contributed by atoms with van der Waals surface area (Å²) >= 11 is 0. The Morgan fingerprint density at radius 2 is 1.50 bits per heavy atom. The third-order valence-electron chi connectivity index (χ3n) is 3.60. The van der Waals surface area contributed by atoms with Crippen LogP contribution in [0.5, 0.6) is 0 Å². The number of carboxylic acids is 1. The minimum absolute atomic E-state index is 0.00694. The van der Waals surface area contributed by atoms with E-state index in [4.69, 9.17) is 5.11 Å². The molecular weight excluding hydrogens is 152 g/mol. The average Bonchev–Trinajstić information content (AvgIpc) is 1.77. The van der Waals surface area contributed by atoms with Gasteiger partial charge in [-0.2, -0.15) is 0 Å². The van der Waals surface area contributed by atoms with Crippen LogP contribution in [0.25, 0.3) is 0 Å². The molecule has 0 aromatic heterocycles. The van der Waals surface area contributed by atoms with Gasteiger partial charge in [-0.05, 0) is 37.5 Å². The fraction of sp³-hybridized carbons (Fsp3) is 0.900. The highest BCUT2D eigenvalue weighted by atomic mass is 16.4. The van der Waals surface area contributed by atoms with E-state index in [0.29, 0.717) is 11.8 Å². The molecule has 0 atom stereocenters. The van der Waals surface area contributed by atoms with E-state index in [2.05, 4.69) is 0 Å². The first kappa shape index (κ1) is 8.09. The van der Waals surface area contributed by atoms with Crippen molar-refractivity contribution in [2.45, 2.75) is 38.5 Å². The van der Waals surface area contributed by atoms with Crippen LogP contribution in [-0.4, -0.2) is 11.1 Å². The summed E-state index contributed by atoms with van der Waals surface area (Å²) in [7, 11) is 0. The molecule has 2 heteroatoms. The van der Waals surface area contributed by atoms with Crippen molar-refractivity contribution in [1.82, 2.24) is 0 Å². The number of rotatable bonds is 3. The second kappa shape index (κ2) is 3.08. The van der Waals surface area contributed by atoms with Crippen molar-refractivity contribution < 1.29 is 9.90 Å². The highest BCUT2D eigenvalue weighted by Gasteiger charge is 2.40. The fourth-order valence-corrected chi connectivity index (χ4v) is 2.39. The van der Waals surface area contributed by atoms with Crippen molar-refractivity contribution >= 4 is 5.97 Å². The van der Waals surface area contributed by atoms with Gasteiger partial charge in [0.1, 0.15) is 0 Å². The van der Waals surface area contributed by atoms with Crippen molar-refractivity contribution in [3.05, 3.63) is 0 Å². The molecule has 2 fully saturated rings. The standard InChI is InChI=1S/C10H16O2/c11-10(12)9(7-3-1-4-7)8-5-2-6-8/h7-9H,1-6H2,(H,11,12). The molecule has 0 radical (unpaired) electrons. The van der Waals surface area contributed by atoms with Gasteiger partial charge in [0, 0.05) is 0 Å². The molecule has 1 N–H and O–H groups in total. The van der Waals surface area contributed by atoms with E-state index in [1.807, 2.05) is 0 Å². The Bertz CT molecular complexity index is 166. The van der Waals surface area contributed by atoms with Gasteiger partial charge >= 0.3 is 5.97 Å². The van der Waals surface area contributed by atoms with E-state index in [0.717, 1.165) is 25.7 Å². The maximum Gasteiger partial charge on any atom is 0.307 e. The van der Waals surface area contributed by atoms with Gasteiger partial charge in [-0.1, -0.05) is 12.8 Å². The Morgan fingerprint density at radius 1 is 1.08 bits per heavy atom. The Kier molecular flexibility index (Phi) is 2.07. The van der Waals surface area contributed by atoms with Gasteiger partial charge in [-0.25, -0.2) is 0 Å². The molecule has 68 valence electrons. The third kappa shape index (κ3) is 1.23. The summed E-state index contributed by atoms with van der Waals surface area (Å²) in [4.78, 5) is 11.0. The molecule has 12 heavy (non-hydrogen) atoms. The van der Waals surface area contributed by atoms with Crippen molar-refractivity contribution in [2.24, 2.45) is 17.8 Å². The highest BCUT2D eigenvalue weighted by molar-refractivity contribution is 5.71. The van der Waals surface area contributed by atoms with Gasteiger partial charge < -0.3 is 5.11 Å². The normalized spacial score (nSPS) is 25.1. The third-order valence-corrected chi connectivity index (χ3v) is 3.60. The summed E-state index contributed by atoms with van der Waals surface area (Å²) in [5.74, 6) is 0.512. The summed E-state index contributed by atoms with van der Waals surface area (Å²) < 4.78 is 0. The van der Waals surface area contributed by atoms with E-state index in [1.165, 1.54) is 12.8 Å². The second-order valence-electron chi connectivity index (χ2n) is 4.25. The summed E-state index contributed by atoms with van der Waals surface area (Å²) in [6.07, 6.45) is 7.14. The summed E-state index contributed by atoms with van der Waals surface area (Å²) in [5, 5.41) is 9.04. The monoisotopic (exact) mass is 168 g/mol. The maximum absolute atomic E-state index is 11.0. The van der Waals surface area contributed by atoms with Crippen LogP contribution >= 0.6 is 0 Å². The predicted molar refractivity (Wildman–Crippen MR) is 45.8 cm³/mol. The van der Waals surface area contributed by atoms with E-state index in [9.17, 15) is 4.79 Å². The van der Waals surface area contributed by atoms with Gasteiger partial charge in [0.25, 0.3) is 0 Å². The summed E-state index contributed by atoms with van der Waals surface area (Å²) in [5.41, 5.74) is 0. The van der Waals surface area contributed by atoms with Crippen LogP contribution in [0, 0.1) is 17.8 Å². The van der Waals surface area contributed by atoms with Crippen molar-refractivity contribution in [3.8, 4) is 0 Å². The molecule has 0 aromatic rings. The van der Waals surface area contributed by atoms with Gasteiger partial charge in [0.05, 0.1) is 5.92 Å². The van der Waals surface area contributed by atoms with Crippen LogP contribution in [0.4, 0.5) is 0 Å². The van der Waals surface area contributed by atoms with E-state index in [-0.39, 0.29) is 5.92 Å². The zero-order valence-electron chi connectivity index (χ0n) is 7.33. The molecule has 2 rings (SSSR count). The molecule has 0 heterocycles. The molecule has 0 aliphatic heterocycles. The number of carboxylic acid groups (broad SMARTS) is 1. The maximum atomic E-state index is 11.0. The second-order valence-corrected chi connectivity index (χ2v) is 4.25. The first-order chi connectivity index (χ1) is 5.79. The minimum Gasteiger partial charge on any atom is -0.481 e. The fourth-order valence-electron chi connectivity index (χ4n) is 2.39. The SMILES string of the molecule is O=C(O)C(C1CCC1)C1CCC1. The van der Waals surface area contributed by atoms with E-state index in [1.54, 1.807) is 0 Å². The molecular formula is C10H16O2. The van der Waals surface area contributed by atoms with Crippen molar-refractivity contribution in [3.63, 3.8) is 0 Å². The number of carbonyl (C=O) groups is 1. The lowest BCUT2D eigenvalue weighted by atomic mass is 9.65. The molecule has 2 aliphatic rings. The summed E-state index contributed by atoms with van der Waals surface area (Å²) in [6, 6.07) is 0. The van der Waals surface area contributed by atoms with E-state index >= 15 is 0 Å². The Balaban J connectivity index is 1.95. The molecule has 2 nitrogen and oxygen atoms in total. The van der Waals surface area contributed by atoms with Crippen LogP contribution in [0.1, 0.15) is 38.5 Å². The van der Waals surface area contributed by atoms with Crippen LogP contribution < -0.4 is 0 Å². The zero-order chi connectivity index (χ0) is 8.55. The minimum atomic E-state index is -0.538. The lowest BCUT2D eigenvalue weighted by Gasteiger charge is -2.39. The number of hydrogen-bond acceptors (Lipinski definition) is 1. The largest absolute Gasteiger partial charge is 0.481 e. The van der Waals surface area contributed by atoms with Gasteiger partial charge in [-0.3, -0.25) is 4.79 Å². The molecule has 0 saturated heterocycles. The highest BCUT2D eigenvalue weighted by Crippen LogP contribution is 2.44. The number of hydrogen-bond donors (Lipinski definition) is 1. The molecule has 2 aliphatic carbocycles. The van der Waals surface area contributed by atoms with Crippen LogP contribution in [0.15, 0.2) is 0 Å². The first-order valence-corrected chi connectivity index (χ1v) is 5.02. The van der Waals surface area contributed by atoms with Crippen LogP contribution in [0.3, 0.4) is 0 Å². The lowest BCUT2D eigenvalue weighted by Crippen LogP contribution is -2.37. The van der Waals surface area contributed by atoms with E-state index < -0.39 is 5.97 Å². The van der Waals surface area contributed by atoms with Gasteiger partial charge in [0.2, 0.25) is 0 Å². The quantitative estimate of drug-likeness (QED) is 0.702.